The molecule has 6 nitrogen and oxygen atoms in total. The van der Waals surface area contributed by atoms with Crippen molar-refractivity contribution in [2.45, 2.75) is 20.3 Å². The van der Waals surface area contributed by atoms with Gasteiger partial charge in [-0.15, -0.1) is 5.10 Å². The highest BCUT2D eigenvalue weighted by molar-refractivity contribution is 5.90. The second-order valence-corrected chi connectivity index (χ2v) is 4.34. The number of nitrogens with zero attached hydrogens (tertiary/aromatic N) is 4. The summed E-state index contributed by atoms with van der Waals surface area (Å²) >= 11 is 0. The molecule has 0 unspecified atom stereocenters. The third-order valence-corrected chi connectivity index (χ3v) is 2.39. The van der Waals surface area contributed by atoms with Crippen LogP contribution in [0.5, 0.6) is 0 Å². The van der Waals surface area contributed by atoms with Crippen LogP contribution in [-0.2, 0) is 0 Å². The van der Waals surface area contributed by atoms with E-state index in [2.05, 4.69) is 27.0 Å². The van der Waals surface area contributed by atoms with Crippen LogP contribution in [0, 0.1) is 6.92 Å². The van der Waals surface area contributed by atoms with E-state index < -0.39 is 0 Å². The molecular formula is C11H21N5O. The van der Waals surface area contributed by atoms with E-state index in [0.717, 1.165) is 19.5 Å². The standard InChI is InChI=1S/C11H21N5O/c1-5-6-16(8-7-15(3)4)11(17)10-12-9(2)13-14-10/h5-8H2,1-4H3,(H,12,13,14). The van der Waals surface area contributed by atoms with Crippen LogP contribution < -0.4 is 0 Å². The van der Waals surface area contributed by atoms with E-state index in [1.165, 1.54) is 0 Å². The van der Waals surface area contributed by atoms with E-state index in [9.17, 15) is 4.79 Å². The van der Waals surface area contributed by atoms with Crippen LogP contribution >= 0.6 is 0 Å². The van der Waals surface area contributed by atoms with Crippen LogP contribution in [0.3, 0.4) is 0 Å². The topological polar surface area (TPSA) is 65.1 Å². The minimum atomic E-state index is -0.0990. The summed E-state index contributed by atoms with van der Waals surface area (Å²) in [5.74, 6) is 0.824. The van der Waals surface area contributed by atoms with Gasteiger partial charge < -0.3 is 9.80 Å². The first-order chi connectivity index (χ1) is 8.04. The van der Waals surface area contributed by atoms with E-state index in [1.54, 1.807) is 11.8 Å². The Bertz CT molecular complexity index is 360. The lowest BCUT2D eigenvalue weighted by Gasteiger charge is -2.22. The summed E-state index contributed by atoms with van der Waals surface area (Å²) in [7, 11) is 3.98. The number of rotatable bonds is 6. The maximum Gasteiger partial charge on any atom is 0.293 e. The molecule has 6 heteroatoms. The number of carbonyl (C=O) groups excluding carboxylic acids is 1. The molecule has 1 heterocycles. The van der Waals surface area contributed by atoms with Crippen LogP contribution in [0.15, 0.2) is 0 Å². The summed E-state index contributed by atoms with van der Waals surface area (Å²) in [4.78, 5) is 20.0. The lowest BCUT2D eigenvalue weighted by atomic mass is 10.3. The van der Waals surface area contributed by atoms with Crippen molar-refractivity contribution in [1.82, 2.24) is 25.0 Å². The largest absolute Gasteiger partial charge is 0.335 e. The number of nitrogens with one attached hydrogen (secondary N) is 1. The third kappa shape index (κ3) is 4.14. The molecule has 0 bridgehead atoms. The van der Waals surface area contributed by atoms with E-state index in [-0.39, 0.29) is 11.7 Å². The second kappa shape index (κ2) is 6.34. The minimum Gasteiger partial charge on any atom is -0.335 e. The Hall–Kier alpha value is -1.43. The maximum absolute atomic E-state index is 12.1. The van der Waals surface area contributed by atoms with Crippen LogP contribution in [0.1, 0.15) is 29.8 Å². The molecule has 1 N–H and O–H groups in total. The first-order valence-corrected chi connectivity index (χ1v) is 5.87. The van der Waals surface area contributed by atoms with E-state index in [0.29, 0.717) is 12.4 Å². The molecule has 1 aromatic heterocycles. The average molecular weight is 239 g/mol. The van der Waals surface area contributed by atoms with Gasteiger partial charge in [-0.3, -0.25) is 9.89 Å². The molecular weight excluding hydrogens is 218 g/mol. The summed E-state index contributed by atoms with van der Waals surface area (Å²) < 4.78 is 0. The van der Waals surface area contributed by atoms with Gasteiger partial charge >= 0.3 is 0 Å². The van der Waals surface area contributed by atoms with E-state index >= 15 is 0 Å². The molecule has 0 fully saturated rings. The van der Waals surface area contributed by atoms with Crippen molar-refractivity contribution < 1.29 is 4.79 Å². The highest BCUT2D eigenvalue weighted by Crippen LogP contribution is 2.01. The molecule has 1 amide bonds. The molecule has 0 saturated carbocycles. The number of aromatic amines is 1. The number of amides is 1. The van der Waals surface area contributed by atoms with Crippen molar-refractivity contribution in [1.29, 1.82) is 0 Å². The predicted octanol–water partition coefficient (Wildman–Crippen LogP) is 0.527. The lowest BCUT2D eigenvalue weighted by molar-refractivity contribution is 0.0733. The van der Waals surface area contributed by atoms with Gasteiger partial charge in [0.15, 0.2) is 0 Å². The SMILES string of the molecule is CCCN(CCN(C)C)C(=O)c1n[nH]c(C)n1. The van der Waals surface area contributed by atoms with Gasteiger partial charge in [-0.2, -0.15) is 0 Å². The van der Waals surface area contributed by atoms with Crippen LogP contribution in [-0.4, -0.2) is 64.6 Å². The first kappa shape index (κ1) is 13.6. The number of H-pyrrole nitrogens is 1. The predicted molar refractivity (Wildman–Crippen MR) is 65.9 cm³/mol. The van der Waals surface area contributed by atoms with Crippen LogP contribution in [0.4, 0.5) is 0 Å². The number of carbonyl (C=O) groups is 1. The molecule has 0 aliphatic rings. The number of hydrogen-bond donors (Lipinski definition) is 1. The molecule has 0 aromatic carbocycles. The Morgan fingerprint density at radius 3 is 2.47 bits per heavy atom. The highest BCUT2D eigenvalue weighted by Gasteiger charge is 2.18. The van der Waals surface area contributed by atoms with Gasteiger partial charge in [0, 0.05) is 19.6 Å². The first-order valence-electron chi connectivity index (χ1n) is 5.87. The van der Waals surface area contributed by atoms with Gasteiger partial charge in [-0.05, 0) is 27.4 Å². The lowest BCUT2D eigenvalue weighted by Crippen LogP contribution is -2.37. The second-order valence-electron chi connectivity index (χ2n) is 4.34. The fraction of sp³-hybridized carbons (Fsp3) is 0.727. The van der Waals surface area contributed by atoms with Crippen molar-refractivity contribution in [3.05, 3.63) is 11.6 Å². The molecule has 0 aliphatic heterocycles. The summed E-state index contributed by atoms with van der Waals surface area (Å²) in [6, 6.07) is 0. The Morgan fingerprint density at radius 1 is 1.29 bits per heavy atom. The van der Waals surface area contributed by atoms with Crippen molar-refractivity contribution >= 4 is 5.91 Å². The molecule has 0 radical (unpaired) electrons. The van der Waals surface area contributed by atoms with E-state index in [1.807, 2.05) is 14.1 Å². The Morgan fingerprint density at radius 2 is 2.00 bits per heavy atom. The normalized spacial score (nSPS) is 10.9. The zero-order valence-electron chi connectivity index (χ0n) is 11.0. The summed E-state index contributed by atoms with van der Waals surface area (Å²) in [6.07, 6.45) is 0.933. The molecule has 0 aliphatic carbocycles. The van der Waals surface area contributed by atoms with Gasteiger partial charge in [0.2, 0.25) is 5.82 Å². The monoisotopic (exact) mass is 239 g/mol. The Labute approximate surface area is 102 Å². The van der Waals surface area contributed by atoms with Crippen molar-refractivity contribution in [2.75, 3.05) is 33.7 Å². The molecule has 96 valence electrons. The number of aryl methyl sites for hydroxylation is 1. The highest BCUT2D eigenvalue weighted by atomic mass is 16.2. The molecule has 0 saturated heterocycles. The Kier molecular flexibility index (Phi) is 5.09. The minimum absolute atomic E-state index is 0.0990. The number of hydrogen-bond acceptors (Lipinski definition) is 4. The van der Waals surface area contributed by atoms with Gasteiger partial charge in [0.1, 0.15) is 5.82 Å². The Balaban J connectivity index is 2.66. The fourth-order valence-electron chi connectivity index (χ4n) is 1.49. The van der Waals surface area contributed by atoms with Crippen molar-refractivity contribution in [3.63, 3.8) is 0 Å². The zero-order chi connectivity index (χ0) is 12.8. The summed E-state index contributed by atoms with van der Waals surface area (Å²) in [5.41, 5.74) is 0. The molecule has 0 spiro atoms. The van der Waals surface area contributed by atoms with Gasteiger partial charge in [-0.25, -0.2) is 4.98 Å². The van der Waals surface area contributed by atoms with Gasteiger partial charge in [0.05, 0.1) is 0 Å². The molecule has 1 rings (SSSR count). The van der Waals surface area contributed by atoms with Crippen molar-refractivity contribution in [3.8, 4) is 0 Å². The van der Waals surface area contributed by atoms with Crippen LogP contribution in [0.25, 0.3) is 0 Å². The maximum atomic E-state index is 12.1. The van der Waals surface area contributed by atoms with Gasteiger partial charge in [-0.1, -0.05) is 6.92 Å². The molecule has 1 aromatic rings. The van der Waals surface area contributed by atoms with Crippen molar-refractivity contribution in [2.24, 2.45) is 0 Å². The van der Waals surface area contributed by atoms with Gasteiger partial charge in [0.25, 0.3) is 5.91 Å². The zero-order valence-corrected chi connectivity index (χ0v) is 11.0. The smallest absolute Gasteiger partial charge is 0.293 e. The van der Waals surface area contributed by atoms with Crippen LogP contribution in [0.2, 0.25) is 0 Å². The number of aromatic nitrogens is 3. The fourth-order valence-corrected chi connectivity index (χ4v) is 1.49. The molecule has 17 heavy (non-hydrogen) atoms. The van der Waals surface area contributed by atoms with E-state index in [4.69, 9.17) is 0 Å². The molecule has 0 atom stereocenters. The average Bonchev–Trinajstić information content (AvgIpc) is 2.70. The summed E-state index contributed by atoms with van der Waals surface area (Å²) in [6.45, 7) is 6.12. The quantitative estimate of drug-likeness (QED) is 0.786. The number of likely N-dealkylation sites (N-methyl/N-ethyl adjacent to an activating group) is 1. The summed E-state index contributed by atoms with van der Waals surface area (Å²) in [5, 5.41) is 6.60. The third-order valence-electron chi connectivity index (χ3n) is 2.39.